The molecule has 0 spiro atoms. The molecular formula is C17H23NOS2. The summed E-state index contributed by atoms with van der Waals surface area (Å²) in [6, 6.07) is 13.2. The minimum Gasteiger partial charge on any atom is -0.494 e. The van der Waals surface area contributed by atoms with Gasteiger partial charge in [-0.05, 0) is 42.1 Å². The smallest absolute Gasteiger partial charge is 0.119 e. The van der Waals surface area contributed by atoms with Crippen molar-refractivity contribution in [3.05, 3.63) is 47.3 Å². The highest BCUT2D eigenvalue weighted by Crippen LogP contribution is 2.28. The highest BCUT2D eigenvalue weighted by Gasteiger charge is 2.11. The van der Waals surface area contributed by atoms with Crippen LogP contribution in [0.1, 0.15) is 31.9 Å². The molecule has 4 heteroatoms. The molecule has 1 aromatic carbocycles. The molecule has 1 aromatic heterocycles. The minimum absolute atomic E-state index is 0.377. The first-order chi connectivity index (χ1) is 10.3. The second-order valence-electron chi connectivity index (χ2n) is 4.77. The van der Waals surface area contributed by atoms with Gasteiger partial charge in [0.05, 0.1) is 10.8 Å². The van der Waals surface area contributed by atoms with Crippen LogP contribution in [0.15, 0.2) is 46.0 Å². The van der Waals surface area contributed by atoms with Crippen LogP contribution >= 0.6 is 23.1 Å². The molecule has 0 amide bonds. The Morgan fingerprint density at radius 2 is 2.00 bits per heavy atom. The van der Waals surface area contributed by atoms with E-state index in [1.807, 2.05) is 11.8 Å². The molecule has 0 fully saturated rings. The topological polar surface area (TPSA) is 21.3 Å². The van der Waals surface area contributed by atoms with E-state index in [-0.39, 0.29) is 0 Å². The summed E-state index contributed by atoms with van der Waals surface area (Å²) in [5.74, 6) is 2.01. The van der Waals surface area contributed by atoms with Gasteiger partial charge in [0.1, 0.15) is 5.75 Å². The molecule has 0 aliphatic heterocycles. The Bertz CT molecular complexity index is 496. The number of nitrogens with one attached hydrogen (secondary N) is 1. The van der Waals surface area contributed by atoms with Crippen LogP contribution in [0.25, 0.3) is 0 Å². The van der Waals surface area contributed by atoms with Gasteiger partial charge in [-0.2, -0.15) is 0 Å². The summed E-state index contributed by atoms with van der Waals surface area (Å²) in [6.07, 6.45) is 1.04. The summed E-state index contributed by atoms with van der Waals surface area (Å²) < 4.78 is 7.02. The average Bonchev–Trinajstić information content (AvgIpc) is 3.03. The molecule has 21 heavy (non-hydrogen) atoms. The number of rotatable bonds is 9. The summed E-state index contributed by atoms with van der Waals surface area (Å²) in [4.78, 5) is 0. The lowest BCUT2D eigenvalue weighted by molar-refractivity contribution is 0.317. The standard InChI is InChI=1S/C17H23NOS2/c1-3-11-19-15-9-7-14(8-10-15)16(18-4-2)13-21-17-6-5-12-20-17/h5-10,12,16,18H,3-4,11,13H2,1-2H3. The van der Waals surface area contributed by atoms with Crippen LogP contribution in [-0.4, -0.2) is 18.9 Å². The largest absolute Gasteiger partial charge is 0.494 e. The maximum atomic E-state index is 5.64. The van der Waals surface area contributed by atoms with Crippen molar-refractivity contribution in [2.75, 3.05) is 18.9 Å². The van der Waals surface area contributed by atoms with Gasteiger partial charge in [0.25, 0.3) is 0 Å². The first-order valence-corrected chi connectivity index (χ1v) is 9.32. The Morgan fingerprint density at radius 3 is 2.62 bits per heavy atom. The maximum Gasteiger partial charge on any atom is 0.119 e. The van der Waals surface area contributed by atoms with Gasteiger partial charge in [-0.25, -0.2) is 0 Å². The molecule has 1 N–H and O–H groups in total. The monoisotopic (exact) mass is 321 g/mol. The number of thiophene rings is 1. The number of hydrogen-bond acceptors (Lipinski definition) is 4. The summed E-state index contributed by atoms with van der Waals surface area (Å²) >= 11 is 3.72. The molecular weight excluding hydrogens is 298 g/mol. The molecule has 0 bridgehead atoms. The van der Waals surface area contributed by atoms with Gasteiger partial charge in [0, 0.05) is 11.8 Å². The molecule has 2 rings (SSSR count). The van der Waals surface area contributed by atoms with Crippen molar-refractivity contribution < 1.29 is 4.74 Å². The van der Waals surface area contributed by atoms with Gasteiger partial charge in [0.2, 0.25) is 0 Å². The molecule has 1 heterocycles. The molecule has 0 saturated carbocycles. The van der Waals surface area contributed by atoms with Crippen LogP contribution in [0.2, 0.25) is 0 Å². The molecule has 0 saturated heterocycles. The van der Waals surface area contributed by atoms with Crippen molar-refractivity contribution in [2.24, 2.45) is 0 Å². The lowest BCUT2D eigenvalue weighted by Gasteiger charge is -2.18. The highest BCUT2D eigenvalue weighted by atomic mass is 32.2. The Kier molecular flexibility index (Phi) is 7.13. The molecule has 1 atom stereocenters. The third-order valence-electron chi connectivity index (χ3n) is 3.09. The number of hydrogen-bond donors (Lipinski definition) is 1. The number of ether oxygens (including phenoxy) is 1. The molecule has 114 valence electrons. The van der Waals surface area contributed by atoms with E-state index in [0.717, 1.165) is 31.1 Å². The van der Waals surface area contributed by atoms with Crippen molar-refractivity contribution in [1.29, 1.82) is 0 Å². The molecule has 0 aliphatic rings. The van der Waals surface area contributed by atoms with E-state index in [1.165, 1.54) is 9.77 Å². The predicted octanol–water partition coefficient (Wildman–Crippen LogP) is 4.98. The van der Waals surface area contributed by atoms with Crippen molar-refractivity contribution in [3.63, 3.8) is 0 Å². The van der Waals surface area contributed by atoms with Gasteiger partial charge < -0.3 is 10.1 Å². The molecule has 0 radical (unpaired) electrons. The zero-order chi connectivity index (χ0) is 14.9. The van der Waals surface area contributed by atoms with Crippen LogP contribution < -0.4 is 10.1 Å². The van der Waals surface area contributed by atoms with Crippen molar-refractivity contribution in [2.45, 2.75) is 30.5 Å². The Hall–Kier alpha value is -0.970. The molecule has 2 nitrogen and oxygen atoms in total. The van der Waals surface area contributed by atoms with Gasteiger partial charge in [0.15, 0.2) is 0 Å². The summed E-state index contributed by atoms with van der Waals surface area (Å²) in [5, 5.41) is 5.70. The van der Waals surface area contributed by atoms with E-state index in [1.54, 1.807) is 11.3 Å². The summed E-state index contributed by atoms with van der Waals surface area (Å²) in [6.45, 7) is 6.03. The maximum absolute atomic E-state index is 5.64. The lowest BCUT2D eigenvalue weighted by Crippen LogP contribution is -2.22. The summed E-state index contributed by atoms with van der Waals surface area (Å²) in [5.41, 5.74) is 1.32. The molecule has 1 unspecified atom stereocenters. The quantitative estimate of drug-likeness (QED) is 0.658. The average molecular weight is 322 g/mol. The van der Waals surface area contributed by atoms with Gasteiger partial charge in [-0.1, -0.05) is 32.0 Å². The molecule has 0 aliphatic carbocycles. The van der Waals surface area contributed by atoms with Crippen molar-refractivity contribution in [3.8, 4) is 5.75 Å². The Morgan fingerprint density at radius 1 is 1.19 bits per heavy atom. The second kappa shape index (κ2) is 9.13. The fourth-order valence-corrected chi connectivity index (χ4v) is 3.95. The second-order valence-corrected chi connectivity index (χ2v) is 7.04. The highest BCUT2D eigenvalue weighted by molar-refractivity contribution is 8.01. The third-order valence-corrected chi connectivity index (χ3v) is 5.32. The van der Waals surface area contributed by atoms with Crippen LogP contribution in [0.4, 0.5) is 0 Å². The SMILES string of the molecule is CCCOc1ccc(C(CSc2cccs2)NCC)cc1. The minimum atomic E-state index is 0.377. The van der Waals surface area contributed by atoms with E-state index in [4.69, 9.17) is 4.74 Å². The fourth-order valence-electron chi connectivity index (χ4n) is 2.05. The third kappa shape index (κ3) is 5.38. The van der Waals surface area contributed by atoms with Crippen molar-refractivity contribution in [1.82, 2.24) is 5.32 Å². The lowest BCUT2D eigenvalue weighted by atomic mass is 10.1. The van der Waals surface area contributed by atoms with Crippen LogP contribution in [0, 0.1) is 0 Å². The van der Waals surface area contributed by atoms with Crippen LogP contribution in [0.3, 0.4) is 0 Å². The first-order valence-electron chi connectivity index (χ1n) is 7.46. The normalized spacial score (nSPS) is 12.3. The van der Waals surface area contributed by atoms with E-state index in [0.29, 0.717) is 6.04 Å². The van der Waals surface area contributed by atoms with Crippen LogP contribution in [0.5, 0.6) is 5.75 Å². The summed E-state index contributed by atoms with van der Waals surface area (Å²) in [7, 11) is 0. The van der Waals surface area contributed by atoms with Gasteiger partial charge in [-0.15, -0.1) is 23.1 Å². The van der Waals surface area contributed by atoms with E-state index >= 15 is 0 Å². The van der Waals surface area contributed by atoms with Gasteiger partial charge >= 0.3 is 0 Å². The van der Waals surface area contributed by atoms with E-state index in [2.05, 4.69) is 60.9 Å². The number of benzene rings is 1. The number of thioether (sulfide) groups is 1. The zero-order valence-electron chi connectivity index (χ0n) is 12.7. The van der Waals surface area contributed by atoms with Crippen LogP contribution in [-0.2, 0) is 0 Å². The molecule has 2 aromatic rings. The van der Waals surface area contributed by atoms with Crippen molar-refractivity contribution >= 4 is 23.1 Å². The Labute approximate surface area is 135 Å². The fraction of sp³-hybridized carbons (Fsp3) is 0.412. The van der Waals surface area contributed by atoms with Gasteiger partial charge in [-0.3, -0.25) is 0 Å². The van der Waals surface area contributed by atoms with E-state index < -0.39 is 0 Å². The Balaban J connectivity index is 1.96. The zero-order valence-corrected chi connectivity index (χ0v) is 14.3. The van der Waals surface area contributed by atoms with E-state index in [9.17, 15) is 0 Å². The first kappa shape index (κ1) is 16.4. The predicted molar refractivity (Wildman–Crippen MR) is 93.7 cm³/mol.